The molecule has 10 heteroatoms. The zero-order chi connectivity index (χ0) is 22.3. The Hall–Kier alpha value is -3.95. The molecular weight excluding hydrogens is 399 g/mol. The topological polar surface area (TPSA) is 117 Å². The molecule has 0 spiro atoms. The molecule has 0 saturated carbocycles. The summed E-state index contributed by atoms with van der Waals surface area (Å²) in [5.41, 5.74) is -0.232. The average Bonchev–Trinajstić information content (AvgIpc) is 2.72. The number of benzene rings is 2. The van der Waals surface area contributed by atoms with E-state index in [2.05, 4.69) is 5.32 Å². The quantitative estimate of drug-likeness (QED) is 0.302. The van der Waals surface area contributed by atoms with Crippen LogP contribution >= 0.6 is 0 Å². The van der Waals surface area contributed by atoms with Crippen molar-refractivity contribution in [3.05, 3.63) is 64.0 Å². The summed E-state index contributed by atoms with van der Waals surface area (Å²) in [6.45, 7) is 1.32. The molecule has 1 atom stereocenters. The third-order valence-corrected chi connectivity index (χ3v) is 3.91. The van der Waals surface area contributed by atoms with Crippen LogP contribution in [0.25, 0.3) is 6.08 Å². The van der Waals surface area contributed by atoms with Crippen LogP contribution < -0.4 is 14.8 Å². The van der Waals surface area contributed by atoms with Crippen LogP contribution in [-0.2, 0) is 14.3 Å². The molecule has 0 radical (unpaired) electrons. The molecule has 0 fully saturated rings. The van der Waals surface area contributed by atoms with Gasteiger partial charge in [0.05, 0.1) is 19.1 Å². The van der Waals surface area contributed by atoms with Gasteiger partial charge < -0.3 is 19.5 Å². The summed E-state index contributed by atoms with van der Waals surface area (Å²) in [4.78, 5) is 34.0. The Kier molecular flexibility index (Phi) is 7.45. The number of nitrogens with one attached hydrogen (secondary N) is 1. The second kappa shape index (κ2) is 10.0. The standard InChI is InChI=1S/C20H19FN2O7/c1-12(20(25)22-14-5-7-16(21)17(11-14)23(26)27)30-19(24)9-4-13-10-15(28-2)6-8-18(13)29-3/h4-12H,1-3H3,(H,22,25)/b9-4+/t12-/m0/s1. The summed E-state index contributed by atoms with van der Waals surface area (Å²) in [7, 11) is 2.98. The van der Waals surface area contributed by atoms with Crippen molar-refractivity contribution < 1.29 is 33.1 Å². The maximum absolute atomic E-state index is 13.4. The van der Waals surface area contributed by atoms with Gasteiger partial charge in [0.15, 0.2) is 6.10 Å². The van der Waals surface area contributed by atoms with E-state index in [1.54, 1.807) is 18.2 Å². The molecule has 0 aliphatic carbocycles. The number of nitro benzene ring substituents is 1. The lowest BCUT2D eigenvalue weighted by molar-refractivity contribution is -0.387. The monoisotopic (exact) mass is 418 g/mol. The van der Waals surface area contributed by atoms with Gasteiger partial charge in [-0.15, -0.1) is 0 Å². The van der Waals surface area contributed by atoms with E-state index in [9.17, 15) is 24.1 Å². The number of hydrogen-bond acceptors (Lipinski definition) is 7. The van der Waals surface area contributed by atoms with Crippen molar-refractivity contribution in [2.24, 2.45) is 0 Å². The molecule has 0 aliphatic heterocycles. The van der Waals surface area contributed by atoms with E-state index < -0.39 is 34.4 Å². The third-order valence-electron chi connectivity index (χ3n) is 3.91. The lowest BCUT2D eigenvalue weighted by Crippen LogP contribution is -2.29. The molecule has 0 heterocycles. The molecule has 9 nitrogen and oxygen atoms in total. The molecule has 1 amide bonds. The highest BCUT2D eigenvalue weighted by molar-refractivity contribution is 5.97. The van der Waals surface area contributed by atoms with Gasteiger partial charge in [-0.1, -0.05) is 0 Å². The van der Waals surface area contributed by atoms with Gasteiger partial charge in [-0.05, 0) is 43.3 Å². The van der Waals surface area contributed by atoms with Crippen molar-refractivity contribution >= 4 is 29.3 Å². The van der Waals surface area contributed by atoms with Crippen LogP contribution in [0, 0.1) is 15.9 Å². The van der Waals surface area contributed by atoms with Gasteiger partial charge in [-0.25, -0.2) is 4.79 Å². The summed E-state index contributed by atoms with van der Waals surface area (Å²) in [5.74, 6) is -1.51. The largest absolute Gasteiger partial charge is 0.497 e. The SMILES string of the molecule is COc1ccc(OC)c(/C=C/C(=O)O[C@@H](C)C(=O)Nc2ccc(F)c([N+](=O)[O-])c2)c1. The highest BCUT2D eigenvalue weighted by Gasteiger charge is 2.19. The lowest BCUT2D eigenvalue weighted by atomic mass is 10.1. The first-order valence-electron chi connectivity index (χ1n) is 8.60. The second-order valence-corrected chi connectivity index (χ2v) is 5.93. The van der Waals surface area contributed by atoms with Crippen molar-refractivity contribution in [1.82, 2.24) is 0 Å². The molecule has 0 aromatic heterocycles. The first-order valence-corrected chi connectivity index (χ1v) is 8.60. The molecule has 0 unspecified atom stereocenters. The number of carbonyl (C=O) groups excluding carboxylic acids is 2. The van der Waals surface area contributed by atoms with Crippen molar-refractivity contribution in [1.29, 1.82) is 0 Å². The number of methoxy groups -OCH3 is 2. The van der Waals surface area contributed by atoms with Crippen molar-refractivity contribution in [2.45, 2.75) is 13.0 Å². The number of esters is 1. The number of anilines is 1. The van der Waals surface area contributed by atoms with Crippen LogP contribution in [0.15, 0.2) is 42.5 Å². The van der Waals surface area contributed by atoms with E-state index in [4.69, 9.17) is 14.2 Å². The molecule has 0 bridgehead atoms. The van der Waals surface area contributed by atoms with Gasteiger partial charge in [0, 0.05) is 23.4 Å². The van der Waals surface area contributed by atoms with E-state index in [1.807, 2.05) is 0 Å². The Morgan fingerprint density at radius 1 is 1.17 bits per heavy atom. The van der Waals surface area contributed by atoms with Crippen LogP contribution in [0.2, 0.25) is 0 Å². The fourth-order valence-electron chi connectivity index (χ4n) is 2.37. The minimum absolute atomic E-state index is 0.00680. The molecule has 30 heavy (non-hydrogen) atoms. The predicted molar refractivity (Wildman–Crippen MR) is 106 cm³/mol. The van der Waals surface area contributed by atoms with E-state index in [0.717, 1.165) is 24.3 Å². The number of nitro groups is 1. The predicted octanol–water partition coefficient (Wildman–Crippen LogP) is 3.33. The Balaban J connectivity index is 2.02. The van der Waals surface area contributed by atoms with Gasteiger partial charge in [-0.2, -0.15) is 4.39 Å². The average molecular weight is 418 g/mol. The van der Waals surface area contributed by atoms with Crippen molar-refractivity contribution in [3.63, 3.8) is 0 Å². The zero-order valence-corrected chi connectivity index (χ0v) is 16.4. The molecule has 2 aromatic carbocycles. The fraction of sp³-hybridized carbons (Fsp3) is 0.200. The highest BCUT2D eigenvalue weighted by Crippen LogP contribution is 2.25. The Morgan fingerprint density at radius 3 is 2.53 bits per heavy atom. The van der Waals surface area contributed by atoms with Gasteiger partial charge in [0.2, 0.25) is 5.82 Å². The Morgan fingerprint density at radius 2 is 1.90 bits per heavy atom. The van der Waals surface area contributed by atoms with Crippen molar-refractivity contribution in [3.8, 4) is 11.5 Å². The summed E-state index contributed by atoms with van der Waals surface area (Å²) >= 11 is 0. The van der Waals surface area contributed by atoms with E-state index in [1.165, 1.54) is 27.2 Å². The molecular formula is C20H19FN2O7. The summed E-state index contributed by atoms with van der Waals surface area (Å²) in [5, 5.41) is 13.1. The van der Waals surface area contributed by atoms with Gasteiger partial charge >= 0.3 is 11.7 Å². The molecule has 158 valence electrons. The minimum Gasteiger partial charge on any atom is -0.497 e. The molecule has 2 rings (SSSR count). The van der Waals surface area contributed by atoms with Crippen LogP contribution in [0.4, 0.5) is 15.8 Å². The van der Waals surface area contributed by atoms with Crippen LogP contribution in [-0.4, -0.2) is 37.1 Å². The summed E-state index contributed by atoms with van der Waals surface area (Å²) < 4.78 is 28.7. The van der Waals surface area contributed by atoms with Gasteiger partial charge in [-0.3, -0.25) is 14.9 Å². The Bertz CT molecular complexity index is 991. The highest BCUT2D eigenvalue weighted by atomic mass is 19.1. The van der Waals surface area contributed by atoms with Gasteiger partial charge in [0.1, 0.15) is 11.5 Å². The normalized spacial score (nSPS) is 11.6. The van der Waals surface area contributed by atoms with E-state index in [-0.39, 0.29) is 5.69 Å². The van der Waals surface area contributed by atoms with Crippen LogP contribution in [0.3, 0.4) is 0 Å². The number of rotatable bonds is 8. The number of halogens is 1. The molecule has 2 aromatic rings. The van der Waals surface area contributed by atoms with E-state index in [0.29, 0.717) is 17.1 Å². The van der Waals surface area contributed by atoms with Gasteiger partial charge in [0.25, 0.3) is 5.91 Å². The number of carbonyl (C=O) groups is 2. The summed E-state index contributed by atoms with van der Waals surface area (Å²) in [6.07, 6.45) is 1.35. The maximum Gasteiger partial charge on any atom is 0.331 e. The molecule has 1 N–H and O–H groups in total. The maximum atomic E-state index is 13.4. The Labute approximate surface area is 171 Å². The smallest absolute Gasteiger partial charge is 0.331 e. The van der Waals surface area contributed by atoms with Crippen LogP contribution in [0.1, 0.15) is 12.5 Å². The number of hydrogen-bond donors (Lipinski definition) is 1. The second-order valence-electron chi connectivity index (χ2n) is 5.93. The van der Waals surface area contributed by atoms with Crippen molar-refractivity contribution in [2.75, 3.05) is 19.5 Å². The minimum atomic E-state index is -1.21. The molecule has 0 aliphatic rings. The number of ether oxygens (including phenoxy) is 3. The lowest BCUT2D eigenvalue weighted by Gasteiger charge is -2.12. The number of nitrogens with zero attached hydrogens (tertiary/aromatic N) is 1. The fourth-order valence-corrected chi connectivity index (χ4v) is 2.37. The third kappa shape index (κ3) is 5.77. The number of amides is 1. The van der Waals surface area contributed by atoms with Crippen LogP contribution in [0.5, 0.6) is 11.5 Å². The molecule has 0 saturated heterocycles. The summed E-state index contributed by atoms with van der Waals surface area (Å²) in [6, 6.07) is 7.90. The first kappa shape index (κ1) is 22.3. The zero-order valence-electron chi connectivity index (χ0n) is 16.4. The van der Waals surface area contributed by atoms with E-state index >= 15 is 0 Å². The first-order chi connectivity index (χ1) is 14.2.